The van der Waals surface area contributed by atoms with Gasteiger partial charge < -0.3 is 5.11 Å². The molecule has 7 heteroatoms. The number of thiophene rings is 1. The molecular formula is C12H14N2O4S. The molecule has 19 heavy (non-hydrogen) atoms. The van der Waals surface area contributed by atoms with Gasteiger partial charge in [0.05, 0.1) is 10.8 Å². The summed E-state index contributed by atoms with van der Waals surface area (Å²) in [5, 5.41) is 21.8. The summed E-state index contributed by atoms with van der Waals surface area (Å²) in [6.45, 7) is 0.628. The van der Waals surface area contributed by atoms with Crippen molar-refractivity contribution in [1.82, 2.24) is 4.90 Å². The Kier molecular flexibility index (Phi) is 3.02. The first-order chi connectivity index (χ1) is 9.06. The molecule has 2 fully saturated rings. The zero-order valence-corrected chi connectivity index (χ0v) is 11.0. The highest BCUT2D eigenvalue weighted by Crippen LogP contribution is 2.43. The predicted octanol–water partition coefficient (Wildman–Crippen LogP) is 2.09. The minimum atomic E-state index is -0.714. The zero-order valence-electron chi connectivity index (χ0n) is 10.2. The molecule has 2 aliphatic heterocycles. The van der Waals surface area contributed by atoms with E-state index >= 15 is 0 Å². The van der Waals surface area contributed by atoms with Gasteiger partial charge in [0.2, 0.25) is 0 Å². The minimum Gasteiger partial charge on any atom is -0.481 e. The highest BCUT2D eigenvalue weighted by Gasteiger charge is 2.49. The van der Waals surface area contributed by atoms with Crippen LogP contribution in [0.5, 0.6) is 0 Å². The van der Waals surface area contributed by atoms with Gasteiger partial charge in [-0.3, -0.25) is 19.8 Å². The number of hydrogen-bond donors (Lipinski definition) is 1. The van der Waals surface area contributed by atoms with Crippen LogP contribution in [-0.4, -0.2) is 33.0 Å². The molecule has 3 unspecified atom stereocenters. The van der Waals surface area contributed by atoms with Gasteiger partial charge in [0.25, 0.3) is 0 Å². The molecule has 0 aliphatic carbocycles. The molecule has 2 saturated heterocycles. The fraction of sp³-hybridized carbons (Fsp3) is 0.583. The van der Waals surface area contributed by atoms with Crippen molar-refractivity contribution in [2.75, 3.05) is 0 Å². The van der Waals surface area contributed by atoms with E-state index < -0.39 is 5.97 Å². The lowest BCUT2D eigenvalue weighted by Crippen LogP contribution is -2.32. The second kappa shape index (κ2) is 4.57. The Morgan fingerprint density at radius 3 is 2.95 bits per heavy atom. The van der Waals surface area contributed by atoms with Gasteiger partial charge in [-0.2, -0.15) is 0 Å². The van der Waals surface area contributed by atoms with Crippen LogP contribution in [0.25, 0.3) is 0 Å². The smallest absolute Gasteiger partial charge is 0.324 e. The van der Waals surface area contributed by atoms with Gasteiger partial charge in [-0.1, -0.05) is 11.3 Å². The van der Waals surface area contributed by atoms with Crippen molar-refractivity contribution < 1.29 is 14.8 Å². The predicted molar refractivity (Wildman–Crippen MR) is 69.1 cm³/mol. The average Bonchev–Trinajstić information content (AvgIpc) is 3.05. The summed E-state index contributed by atoms with van der Waals surface area (Å²) in [5.74, 6) is -0.985. The SMILES string of the molecule is O=C(O)C1CC2CCC1N2Cc1csc([N+](=O)[O-])c1. The van der Waals surface area contributed by atoms with Crippen molar-refractivity contribution in [3.63, 3.8) is 0 Å². The molecule has 0 radical (unpaired) electrons. The number of rotatable bonds is 4. The Morgan fingerprint density at radius 1 is 1.58 bits per heavy atom. The summed E-state index contributed by atoms with van der Waals surface area (Å²) in [7, 11) is 0. The van der Waals surface area contributed by atoms with Crippen molar-refractivity contribution in [3.8, 4) is 0 Å². The normalized spacial score (nSPS) is 29.8. The Balaban J connectivity index is 1.73. The molecule has 3 atom stereocenters. The van der Waals surface area contributed by atoms with Crippen LogP contribution in [0.15, 0.2) is 11.4 Å². The first kappa shape index (κ1) is 12.6. The third kappa shape index (κ3) is 2.12. The van der Waals surface area contributed by atoms with Gasteiger partial charge in [-0.15, -0.1) is 0 Å². The first-order valence-corrected chi connectivity index (χ1v) is 7.14. The van der Waals surface area contributed by atoms with E-state index in [4.69, 9.17) is 0 Å². The lowest BCUT2D eigenvalue weighted by atomic mass is 9.89. The Labute approximate surface area is 113 Å². The maximum Gasteiger partial charge on any atom is 0.324 e. The Hall–Kier alpha value is -1.47. The van der Waals surface area contributed by atoms with E-state index in [1.807, 2.05) is 0 Å². The largest absolute Gasteiger partial charge is 0.481 e. The number of carboxylic acid groups (broad SMARTS) is 1. The van der Waals surface area contributed by atoms with E-state index in [9.17, 15) is 20.0 Å². The van der Waals surface area contributed by atoms with Crippen molar-refractivity contribution in [2.24, 2.45) is 5.92 Å². The van der Waals surface area contributed by atoms with E-state index in [1.54, 1.807) is 11.4 Å². The lowest BCUT2D eigenvalue weighted by molar-refractivity contribution is -0.380. The Morgan fingerprint density at radius 2 is 2.37 bits per heavy atom. The van der Waals surface area contributed by atoms with Crippen LogP contribution in [0, 0.1) is 16.0 Å². The van der Waals surface area contributed by atoms with Gasteiger partial charge >= 0.3 is 11.0 Å². The van der Waals surface area contributed by atoms with Crippen LogP contribution >= 0.6 is 11.3 Å². The molecule has 2 aliphatic rings. The van der Waals surface area contributed by atoms with Crippen LogP contribution in [0.3, 0.4) is 0 Å². The van der Waals surface area contributed by atoms with Gasteiger partial charge in [0, 0.05) is 30.1 Å². The number of fused-ring (bicyclic) bond motifs is 2. The number of nitrogens with zero attached hydrogens (tertiary/aromatic N) is 2. The molecule has 3 heterocycles. The fourth-order valence-electron chi connectivity index (χ4n) is 3.37. The summed E-state index contributed by atoms with van der Waals surface area (Å²) >= 11 is 1.13. The molecule has 1 N–H and O–H groups in total. The van der Waals surface area contributed by atoms with E-state index in [-0.39, 0.29) is 21.9 Å². The molecule has 1 aromatic rings. The monoisotopic (exact) mass is 282 g/mol. The molecule has 2 bridgehead atoms. The average molecular weight is 282 g/mol. The van der Waals surface area contributed by atoms with Crippen LogP contribution in [0.4, 0.5) is 5.00 Å². The van der Waals surface area contributed by atoms with Gasteiger partial charge in [0.1, 0.15) is 0 Å². The van der Waals surface area contributed by atoms with E-state index in [2.05, 4.69) is 4.90 Å². The minimum absolute atomic E-state index is 0.0986. The Bertz CT molecular complexity index is 530. The molecule has 0 spiro atoms. The van der Waals surface area contributed by atoms with Crippen LogP contribution in [0.2, 0.25) is 0 Å². The molecular weight excluding hydrogens is 268 g/mol. The van der Waals surface area contributed by atoms with E-state index in [0.29, 0.717) is 19.0 Å². The van der Waals surface area contributed by atoms with Crippen molar-refractivity contribution >= 4 is 22.3 Å². The van der Waals surface area contributed by atoms with Crippen molar-refractivity contribution in [1.29, 1.82) is 0 Å². The van der Waals surface area contributed by atoms with E-state index in [1.165, 1.54) is 0 Å². The highest BCUT2D eigenvalue weighted by atomic mass is 32.1. The lowest BCUT2D eigenvalue weighted by Gasteiger charge is -2.21. The molecule has 3 rings (SSSR count). The van der Waals surface area contributed by atoms with Crippen LogP contribution in [0.1, 0.15) is 24.8 Å². The quantitative estimate of drug-likeness (QED) is 0.675. The maximum absolute atomic E-state index is 11.2. The molecule has 0 aromatic carbocycles. The van der Waals surface area contributed by atoms with Gasteiger partial charge in [0.15, 0.2) is 0 Å². The van der Waals surface area contributed by atoms with Gasteiger partial charge in [-0.05, 0) is 24.8 Å². The second-order valence-electron chi connectivity index (χ2n) is 5.20. The van der Waals surface area contributed by atoms with Crippen molar-refractivity contribution in [2.45, 2.75) is 37.9 Å². The van der Waals surface area contributed by atoms with Crippen LogP contribution < -0.4 is 0 Å². The van der Waals surface area contributed by atoms with Gasteiger partial charge in [-0.25, -0.2) is 0 Å². The number of carbonyl (C=O) groups is 1. The number of carboxylic acids is 1. The molecule has 102 valence electrons. The summed E-state index contributed by atoms with van der Waals surface area (Å²) in [6.07, 6.45) is 2.68. The third-order valence-corrected chi connectivity index (χ3v) is 5.11. The summed E-state index contributed by atoms with van der Waals surface area (Å²) in [6, 6.07) is 2.02. The number of hydrogen-bond acceptors (Lipinski definition) is 5. The number of nitro groups is 1. The highest BCUT2D eigenvalue weighted by molar-refractivity contribution is 7.13. The zero-order chi connectivity index (χ0) is 13.6. The first-order valence-electron chi connectivity index (χ1n) is 6.26. The third-order valence-electron chi connectivity index (χ3n) is 4.18. The standard InChI is InChI=1S/C12H14N2O4S/c15-12(16)9-4-8-1-2-10(9)13(8)5-7-3-11(14(17)18)19-6-7/h3,6,8-10H,1-2,4-5H2,(H,15,16). The van der Waals surface area contributed by atoms with Crippen molar-refractivity contribution in [3.05, 3.63) is 27.1 Å². The summed E-state index contributed by atoms with van der Waals surface area (Å²) < 4.78 is 0. The molecule has 0 amide bonds. The summed E-state index contributed by atoms with van der Waals surface area (Å²) in [4.78, 5) is 23.7. The fourth-order valence-corrected chi connectivity index (χ4v) is 4.09. The topological polar surface area (TPSA) is 83.7 Å². The molecule has 0 saturated carbocycles. The van der Waals surface area contributed by atoms with E-state index in [0.717, 1.165) is 29.7 Å². The molecule has 6 nitrogen and oxygen atoms in total. The maximum atomic E-state index is 11.2. The summed E-state index contributed by atoms with van der Waals surface area (Å²) in [5.41, 5.74) is 0.916. The second-order valence-corrected chi connectivity index (χ2v) is 6.09. The van der Waals surface area contributed by atoms with Crippen LogP contribution in [-0.2, 0) is 11.3 Å². The number of aliphatic carboxylic acids is 1. The molecule has 1 aromatic heterocycles.